The molecular formula is C16H21N5O2. The van der Waals surface area contributed by atoms with Crippen LogP contribution < -0.4 is 5.32 Å². The number of carbonyl (C=O) groups excluding carboxylic acids is 1. The summed E-state index contributed by atoms with van der Waals surface area (Å²) in [6, 6.07) is 5.36. The number of aromatic nitrogens is 3. The summed E-state index contributed by atoms with van der Waals surface area (Å²) in [7, 11) is 2.06. The van der Waals surface area contributed by atoms with Crippen LogP contribution in [0.1, 0.15) is 34.3 Å². The third kappa shape index (κ3) is 3.75. The zero-order chi connectivity index (χ0) is 16.2. The predicted molar refractivity (Wildman–Crippen MR) is 84.7 cm³/mol. The Kier molecular flexibility index (Phi) is 4.68. The number of aliphatic hydroxyl groups excluding tert-OH is 1. The van der Waals surface area contributed by atoms with Crippen LogP contribution >= 0.6 is 0 Å². The van der Waals surface area contributed by atoms with Crippen molar-refractivity contribution in [3.8, 4) is 0 Å². The number of nitrogens with one attached hydrogen (secondary N) is 1. The molecule has 3 rings (SSSR count). The fraction of sp³-hybridized carbons (Fsp3) is 0.438. The van der Waals surface area contributed by atoms with E-state index in [1.807, 2.05) is 10.7 Å². The average molecular weight is 315 g/mol. The first-order valence-corrected chi connectivity index (χ1v) is 7.75. The molecule has 1 amide bonds. The normalized spacial score (nSPS) is 16.4. The fourth-order valence-corrected chi connectivity index (χ4v) is 2.70. The molecule has 0 aromatic carbocycles. The number of fused-ring (bicyclic) bond motifs is 1. The third-order valence-corrected chi connectivity index (χ3v) is 3.96. The molecule has 2 aromatic rings. The highest BCUT2D eigenvalue weighted by atomic mass is 16.3. The van der Waals surface area contributed by atoms with Crippen LogP contribution in [0.25, 0.3) is 0 Å². The summed E-state index contributed by atoms with van der Waals surface area (Å²) in [5.41, 5.74) is 2.12. The number of aryl methyl sites for hydroxylation is 1. The first kappa shape index (κ1) is 15.6. The van der Waals surface area contributed by atoms with E-state index in [1.54, 1.807) is 24.5 Å². The molecular weight excluding hydrogens is 294 g/mol. The van der Waals surface area contributed by atoms with Crippen molar-refractivity contribution in [1.82, 2.24) is 25.0 Å². The molecule has 1 unspecified atom stereocenters. The van der Waals surface area contributed by atoms with Crippen LogP contribution in [0.2, 0.25) is 0 Å². The second-order valence-corrected chi connectivity index (χ2v) is 5.85. The van der Waals surface area contributed by atoms with Crippen molar-refractivity contribution in [2.24, 2.45) is 0 Å². The highest BCUT2D eigenvalue weighted by Gasteiger charge is 2.18. The molecule has 0 bridgehead atoms. The minimum atomic E-state index is -0.778. The number of amides is 1. The Morgan fingerprint density at radius 1 is 1.48 bits per heavy atom. The maximum atomic E-state index is 12.2. The topological polar surface area (TPSA) is 83.3 Å². The Bertz CT molecular complexity index is 670. The van der Waals surface area contributed by atoms with E-state index in [2.05, 4.69) is 27.3 Å². The summed E-state index contributed by atoms with van der Waals surface area (Å²) in [4.78, 5) is 18.4. The molecule has 0 saturated heterocycles. The van der Waals surface area contributed by atoms with E-state index in [0.29, 0.717) is 11.3 Å². The highest BCUT2D eigenvalue weighted by Crippen LogP contribution is 2.13. The number of aliphatic hydroxyl groups is 1. The largest absolute Gasteiger partial charge is 0.387 e. The van der Waals surface area contributed by atoms with Crippen molar-refractivity contribution in [2.45, 2.75) is 25.6 Å². The van der Waals surface area contributed by atoms with Crippen molar-refractivity contribution >= 4 is 5.91 Å². The Labute approximate surface area is 134 Å². The van der Waals surface area contributed by atoms with Crippen molar-refractivity contribution in [2.75, 3.05) is 20.1 Å². The van der Waals surface area contributed by atoms with E-state index in [0.717, 1.165) is 31.7 Å². The summed E-state index contributed by atoms with van der Waals surface area (Å²) >= 11 is 0. The van der Waals surface area contributed by atoms with Crippen molar-refractivity contribution in [3.05, 3.63) is 47.5 Å². The molecule has 3 heterocycles. The molecule has 0 radical (unpaired) electrons. The molecule has 2 aromatic heterocycles. The lowest BCUT2D eigenvalue weighted by atomic mass is 10.1. The second kappa shape index (κ2) is 6.89. The summed E-state index contributed by atoms with van der Waals surface area (Å²) in [5.74, 6) is -0.267. The van der Waals surface area contributed by atoms with E-state index >= 15 is 0 Å². The van der Waals surface area contributed by atoms with Gasteiger partial charge in [0.15, 0.2) is 0 Å². The minimum Gasteiger partial charge on any atom is -0.387 e. The van der Waals surface area contributed by atoms with Crippen molar-refractivity contribution < 1.29 is 9.90 Å². The maximum absolute atomic E-state index is 12.2. The van der Waals surface area contributed by atoms with Gasteiger partial charge in [-0.2, -0.15) is 5.10 Å². The fourth-order valence-electron chi connectivity index (χ4n) is 2.70. The molecule has 1 atom stereocenters. The van der Waals surface area contributed by atoms with Gasteiger partial charge in [0.1, 0.15) is 5.69 Å². The molecule has 0 fully saturated rings. The Balaban J connectivity index is 1.62. The van der Waals surface area contributed by atoms with E-state index in [9.17, 15) is 9.90 Å². The Morgan fingerprint density at radius 2 is 2.35 bits per heavy atom. The average Bonchev–Trinajstić information content (AvgIpc) is 2.87. The third-order valence-electron chi connectivity index (χ3n) is 3.96. The Morgan fingerprint density at radius 3 is 3.13 bits per heavy atom. The lowest BCUT2D eigenvalue weighted by Gasteiger charge is -2.11. The van der Waals surface area contributed by atoms with Gasteiger partial charge in [-0.15, -0.1) is 0 Å². The molecule has 122 valence electrons. The van der Waals surface area contributed by atoms with E-state index in [4.69, 9.17) is 0 Å². The first-order valence-electron chi connectivity index (χ1n) is 7.75. The molecule has 0 aliphatic carbocycles. The molecule has 2 N–H and O–H groups in total. The van der Waals surface area contributed by atoms with Gasteiger partial charge in [-0.25, -0.2) is 0 Å². The minimum absolute atomic E-state index is 0.132. The van der Waals surface area contributed by atoms with Crippen LogP contribution in [-0.4, -0.2) is 50.8 Å². The standard InChI is InChI=1S/C16H21N5O2/c1-20-6-3-7-21-13(11-20)8-14(19-21)16(23)18-10-15(22)12-4-2-5-17-9-12/h2,4-5,8-9,15,22H,3,6-7,10-11H2,1H3,(H,18,23). The number of carbonyl (C=O) groups is 1. The summed E-state index contributed by atoms with van der Waals surface area (Å²) < 4.78 is 1.90. The molecule has 1 aliphatic heterocycles. The van der Waals surface area contributed by atoms with Gasteiger partial charge in [-0.05, 0) is 25.6 Å². The van der Waals surface area contributed by atoms with Gasteiger partial charge >= 0.3 is 0 Å². The summed E-state index contributed by atoms with van der Waals surface area (Å²) in [5, 5.41) is 17.2. The smallest absolute Gasteiger partial charge is 0.271 e. The van der Waals surface area contributed by atoms with Crippen LogP contribution in [0.15, 0.2) is 30.6 Å². The Hall–Kier alpha value is -2.25. The lowest BCUT2D eigenvalue weighted by molar-refractivity contribution is 0.0910. The zero-order valence-corrected chi connectivity index (χ0v) is 13.1. The molecule has 7 nitrogen and oxygen atoms in total. The van der Waals surface area contributed by atoms with Gasteiger partial charge in [-0.1, -0.05) is 6.07 Å². The summed E-state index contributed by atoms with van der Waals surface area (Å²) in [6.07, 6.45) is 3.47. The van der Waals surface area contributed by atoms with Crippen LogP contribution in [0.4, 0.5) is 0 Å². The number of rotatable bonds is 4. The van der Waals surface area contributed by atoms with Gasteiger partial charge in [-0.3, -0.25) is 14.5 Å². The van der Waals surface area contributed by atoms with Gasteiger partial charge in [0.25, 0.3) is 5.91 Å². The molecule has 0 spiro atoms. The van der Waals surface area contributed by atoms with Crippen LogP contribution in [0.5, 0.6) is 0 Å². The lowest BCUT2D eigenvalue weighted by Crippen LogP contribution is -2.29. The maximum Gasteiger partial charge on any atom is 0.271 e. The van der Waals surface area contributed by atoms with Crippen LogP contribution in [0, 0.1) is 0 Å². The molecule has 23 heavy (non-hydrogen) atoms. The van der Waals surface area contributed by atoms with E-state index in [1.165, 1.54) is 0 Å². The van der Waals surface area contributed by atoms with Gasteiger partial charge < -0.3 is 15.3 Å². The quantitative estimate of drug-likeness (QED) is 0.862. The van der Waals surface area contributed by atoms with Crippen molar-refractivity contribution in [1.29, 1.82) is 0 Å². The number of hydrogen-bond donors (Lipinski definition) is 2. The molecule has 7 heteroatoms. The van der Waals surface area contributed by atoms with E-state index in [-0.39, 0.29) is 12.5 Å². The SMILES string of the molecule is CN1CCCn2nc(C(=O)NCC(O)c3cccnc3)cc2C1. The zero-order valence-electron chi connectivity index (χ0n) is 13.1. The highest BCUT2D eigenvalue weighted by molar-refractivity contribution is 5.92. The summed E-state index contributed by atoms with van der Waals surface area (Å²) in [6.45, 7) is 2.78. The number of nitrogens with zero attached hydrogens (tertiary/aromatic N) is 4. The molecule has 1 aliphatic rings. The van der Waals surface area contributed by atoms with Crippen molar-refractivity contribution in [3.63, 3.8) is 0 Å². The van der Waals surface area contributed by atoms with Gasteiger partial charge in [0.05, 0.1) is 11.8 Å². The predicted octanol–water partition coefficient (Wildman–Crippen LogP) is 0.577. The molecule has 0 saturated carbocycles. The second-order valence-electron chi connectivity index (χ2n) is 5.85. The van der Waals surface area contributed by atoms with Gasteiger partial charge in [0.2, 0.25) is 0 Å². The van der Waals surface area contributed by atoms with Gasteiger partial charge in [0, 0.05) is 44.1 Å². The monoisotopic (exact) mass is 315 g/mol. The van der Waals surface area contributed by atoms with E-state index < -0.39 is 6.10 Å². The number of hydrogen-bond acceptors (Lipinski definition) is 5. The van der Waals surface area contributed by atoms with Crippen LogP contribution in [0.3, 0.4) is 0 Å². The first-order chi connectivity index (χ1) is 11.1. The van der Waals surface area contributed by atoms with Crippen LogP contribution in [-0.2, 0) is 13.1 Å². The number of pyridine rings is 1.